The molecular formula is C19H23O8P. The molecule has 152 valence electrons. The second kappa shape index (κ2) is 9.73. The molecule has 0 aliphatic heterocycles. The number of hydrogen-bond donors (Lipinski definition) is 4. The van der Waals surface area contributed by atoms with Crippen molar-refractivity contribution in [2.75, 3.05) is 13.7 Å². The lowest BCUT2D eigenvalue weighted by Gasteiger charge is -2.13. The van der Waals surface area contributed by atoms with Gasteiger partial charge in [0.2, 0.25) is 0 Å². The Morgan fingerprint density at radius 2 is 1.64 bits per heavy atom. The van der Waals surface area contributed by atoms with Gasteiger partial charge in [0.15, 0.2) is 11.5 Å². The zero-order valence-electron chi connectivity index (χ0n) is 15.5. The van der Waals surface area contributed by atoms with Crippen molar-refractivity contribution in [1.29, 1.82) is 0 Å². The molecule has 0 heterocycles. The molecule has 2 aromatic rings. The Labute approximate surface area is 162 Å². The average molecular weight is 410 g/mol. The summed E-state index contributed by atoms with van der Waals surface area (Å²) in [5.41, 5.74) is 2.38. The SMILES string of the molecule is CCOc1ccc(/C=C\c2cc(CO)c(CO)c(OC)c2)cc1OP(=O)(O)O. The monoisotopic (exact) mass is 410 g/mol. The summed E-state index contributed by atoms with van der Waals surface area (Å²) in [6, 6.07) is 8.14. The third-order valence-electron chi connectivity index (χ3n) is 3.83. The Bertz CT molecular complexity index is 862. The fourth-order valence-electron chi connectivity index (χ4n) is 2.62. The van der Waals surface area contributed by atoms with Gasteiger partial charge >= 0.3 is 7.82 Å². The van der Waals surface area contributed by atoms with Gasteiger partial charge in [0, 0.05) is 5.56 Å². The number of aliphatic hydroxyl groups is 2. The second-order valence-corrected chi connectivity index (χ2v) is 6.90. The topological polar surface area (TPSA) is 126 Å². The van der Waals surface area contributed by atoms with E-state index in [9.17, 15) is 14.8 Å². The van der Waals surface area contributed by atoms with Gasteiger partial charge in [0.25, 0.3) is 0 Å². The van der Waals surface area contributed by atoms with E-state index in [1.807, 2.05) is 0 Å². The lowest BCUT2D eigenvalue weighted by atomic mass is 10.0. The van der Waals surface area contributed by atoms with Gasteiger partial charge in [0.1, 0.15) is 5.75 Å². The Morgan fingerprint density at radius 1 is 0.964 bits per heavy atom. The number of ether oxygens (including phenoxy) is 2. The van der Waals surface area contributed by atoms with Crippen LogP contribution >= 0.6 is 7.82 Å². The molecule has 9 heteroatoms. The normalized spacial score (nSPS) is 11.6. The summed E-state index contributed by atoms with van der Waals surface area (Å²) < 4.78 is 26.5. The molecule has 28 heavy (non-hydrogen) atoms. The molecule has 0 saturated heterocycles. The highest BCUT2D eigenvalue weighted by atomic mass is 31.2. The highest BCUT2D eigenvalue weighted by Crippen LogP contribution is 2.42. The summed E-state index contributed by atoms with van der Waals surface area (Å²) in [4.78, 5) is 18.2. The highest BCUT2D eigenvalue weighted by molar-refractivity contribution is 7.46. The van der Waals surface area contributed by atoms with E-state index in [1.54, 1.807) is 43.3 Å². The molecular weight excluding hydrogens is 387 g/mol. The van der Waals surface area contributed by atoms with Crippen LogP contribution in [0, 0.1) is 0 Å². The minimum atomic E-state index is -4.74. The fourth-order valence-corrected chi connectivity index (χ4v) is 3.02. The van der Waals surface area contributed by atoms with E-state index >= 15 is 0 Å². The molecule has 0 atom stereocenters. The van der Waals surface area contributed by atoms with E-state index in [-0.39, 0.29) is 24.7 Å². The van der Waals surface area contributed by atoms with Crippen molar-refractivity contribution >= 4 is 20.0 Å². The molecule has 0 spiro atoms. The first-order valence-corrected chi connectivity index (χ1v) is 9.95. The van der Waals surface area contributed by atoms with Gasteiger partial charge in [-0.05, 0) is 47.9 Å². The summed E-state index contributed by atoms with van der Waals surface area (Å²) in [6.07, 6.45) is 3.44. The average Bonchev–Trinajstić information content (AvgIpc) is 2.66. The molecule has 0 radical (unpaired) electrons. The fraction of sp³-hybridized carbons (Fsp3) is 0.263. The number of phosphoric acid groups is 1. The molecule has 0 amide bonds. The van der Waals surface area contributed by atoms with Crippen molar-refractivity contribution in [3.8, 4) is 17.2 Å². The number of benzene rings is 2. The maximum Gasteiger partial charge on any atom is 0.524 e. The number of phosphoric ester groups is 1. The summed E-state index contributed by atoms with van der Waals surface area (Å²) >= 11 is 0. The maximum absolute atomic E-state index is 11.2. The first-order valence-electron chi connectivity index (χ1n) is 8.42. The van der Waals surface area contributed by atoms with Gasteiger partial charge in [0.05, 0.1) is 26.9 Å². The van der Waals surface area contributed by atoms with Crippen LogP contribution in [0.25, 0.3) is 12.2 Å². The van der Waals surface area contributed by atoms with Crippen LogP contribution in [0.1, 0.15) is 29.2 Å². The van der Waals surface area contributed by atoms with Crippen LogP contribution in [0.2, 0.25) is 0 Å². The molecule has 0 unspecified atom stereocenters. The molecule has 0 fully saturated rings. The number of aliphatic hydroxyl groups excluding tert-OH is 2. The Hall–Kier alpha value is -2.35. The molecule has 0 aliphatic rings. The van der Waals surface area contributed by atoms with E-state index in [0.717, 1.165) is 0 Å². The minimum absolute atomic E-state index is 0.0680. The van der Waals surface area contributed by atoms with Crippen LogP contribution in [0.4, 0.5) is 0 Å². The van der Waals surface area contributed by atoms with E-state index in [0.29, 0.717) is 34.6 Å². The quantitative estimate of drug-likeness (QED) is 0.367. The first-order chi connectivity index (χ1) is 13.3. The van der Waals surface area contributed by atoms with Crippen LogP contribution in [0.15, 0.2) is 30.3 Å². The Morgan fingerprint density at radius 3 is 2.21 bits per heavy atom. The highest BCUT2D eigenvalue weighted by Gasteiger charge is 2.19. The largest absolute Gasteiger partial charge is 0.524 e. The maximum atomic E-state index is 11.2. The molecule has 4 N–H and O–H groups in total. The summed E-state index contributed by atoms with van der Waals surface area (Å²) in [6.45, 7) is 1.55. The van der Waals surface area contributed by atoms with Crippen molar-refractivity contribution in [2.24, 2.45) is 0 Å². The Kier molecular flexibility index (Phi) is 7.62. The smallest absolute Gasteiger partial charge is 0.496 e. The molecule has 0 aliphatic carbocycles. The van der Waals surface area contributed by atoms with Crippen LogP contribution in [0.5, 0.6) is 17.2 Å². The van der Waals surface area contributed by atoms with Crippen molar-refractivity contribution in [3.63, 3.8) is 0 Å². The first kappa shape index (κ1) is 21.9. The van der Waals surface area contributed by atoms with E-state index in [4.69, 9.17) is 23.8 Å². The van der Waals surface area contributed by atoms with Crippen LogP contribution in [0.3, 0.4) is 0 Å². The van der Waals surface area contributed by atoms with Gasteiger partial charge in [-0.3, -0.25) is 9.79 Å². The lowest BCUT2D eigenvalue weighted by Crippen LogP contribution is -1.99. The standard InChI is InChI=1S/C19H23O8P/c1-3-26-17-7-6-13(9-19(17)27-28(22,23)24)4-5-14-8-15(11-20)16(12-21)18(10-14)25-2/h4-10,20-21H,3,11-12H2,1-2H3,(H2,22,23,24)/b5-4-. The molecule has 2 aromatic carbocycles. The molecule has 2 rings (SSSR count). The molecule has 0 aromatic heterocycles. The zero-order chi connectivity index (χ0) is 20.7. The Balaban J connectivity index is 2.38. The van der Waals surface area contributed by atoms with Gasteiger partial charge in [-0.15, -0.1) is 0 Å². The minimum Gasteiger partial charge on any atom is -0.496 e. The van der Waals surface area contributed by atoms with Gasteiger partial charge in [-0.25, -0.2) is 4.57 Å². The van der Waals surface area contributed by atoms with E-state index in [1.165, 1.54) is 13.2 Å². The molecule has 0 saturated carbocycles. The molecule has 8 nitrogen and oxygen atoms in total. The van der Waals surface area contributed by atoms with Gasteiger partial charge in [-0.1, -0.05) is 18.2 Å². The summed E-state index contributed by atoms with van der Waals surface area (Å²) in [7, 11) is -3.26. The predicted octanol–water partition coefficient (Wildman–Crippen LogP) is 2.72. The van der Waals surface area contributed by atoms with E-state index in [2.05, 4.69) is 0 Å². The zero-order valence-corrected chi connectivity index (χ0v) is 16.4. The number of rotatable bonds is 9. The summed E-state index contributed by atoms with van der Waals surface area (Å²) in [5.74, 6) is 0.604. The van der Waals surface area contributed by atoms with Crippen LogP contribution < -0.4 is 14.0 Å². The van der Waals surface area contributed by atoms with Crippen molar-refractivity contribution < 1.29 is 38.6 Å². The predicted molar refractivity (Wildman–Crippen MR) is 104 cm³/mol. The third-order valence-corrected chi connectivity index (χ3v) is 4.26. The van der Waals surface area contributed by atoms with Crippen LogP contribution in [-0.4, -0.2) is 33.7 Å². The van der Waals surface area contributed by atoms with Crippen molar-refractivity contribution in [3.05, 3.63) is 52.6 Å². The van der Waals surface area contributed by atoms with Gasteiger partial charge < -0.3 is 24.2 Å². The van der Waals surface area contributed by atoms with Crippen molar-refractivity contribution in [2.45, 2.75) is 20.1 Å². The second-order valence-electron chi connectivity index (χ2n) is 5.73. The third kappa shape index (κ3) is 5.82. The van der Waals surface area contributed by atoms with E-state index < -0.39 is 7.82 Å². The number of hydrogen-bond acceptors (Lipinski definition) is 6. The number of methoxy groups -OCH3 is 1. The lowest BCUT2D eigenvalue weighted by molar-refractivity contribution is 0.254. The molecule has 0 bridgehead atoms. The van der Waals surface area contributed by atoms with Crippen LogP contribution in [-0.2, 0) is 17.8 Å². The van der Waals surface area contributed by atoms with Crippen molar-refractivity contribution in [1.82, 2.24) is 0 Å². The van der Waals surface area contributed by atoms with Gasteiger partial charge in [-0.2, -0.15) is 0 Å². The summed E-state index contributed by atoms with van der Waals surface area (Å²) in [5, 5.41) is 19.0.